The van der Waals surface area contributed by atoms with E-state index in [1.54, 1.807) is 19.1 Å². The summed E-state index contributed by atoms with van der Waals surface area (Å²) in [4.78, 5) is 31.5. The van der Waals surface area contributed by atoms with Crippen LogP contribution in [0.1, 0.15) is 42.3 Å². The van der Waals surface area contributed by atoms with E-state index in [1.165, 1.54) is 0 Å². The van der Waals surface area contributed by atoms with Crippen molar-refractivity contribution in [2.24, 2.45) is 5.41 Å². The predicted molar refractivity (Wildman–Crippen MR) is 74.3 cm³/mol. The normalized spacial score (nSPS) is 10.9. The Morgan fingerprint density at radius 3 is 2.38 bits per heavy atom. The monoisotopic (exact) mass is 296 g/mol. The summed E-state index contributed by atoms with van der Waals surface area (Å²) in [6.45, 7) is 9.43. The standard InChI is InChI=1S/C15H20O6/c1-10-6-7-11(2)12(8-10)13(16)19-21-20-14(17)18-9-15(3,4)5/h6-8H,9H2,1-5H3. The topological polar surface area (TPSA) is 71.1 Å². The first-order valence-corrected chi connectivity index (χ1v) is 6.48. The molecule has 0 aliphatic heterocycles. The van der Waals surface area contributed by atoms with Crippen LogP contribution >= 0.6 is 0 Å². The van der Waals surface area contributed by atoms with E-state index in [0.717, 1.165) is 11.1 Å². The smallest absolute Gasteiger partial charge is 0.432 e. The third-order valence-corrected chi connectivity index (χ3v) is 2.45. The van der Waals surface area contributed by atoms with Crippen LogP contribution in [0.3, 0.4) is 0 Å². The van der Waals surface area contributed by atoms with E-state index < -0.39 is 12.1 Å². The van der Waals surface area contributed by atoms with Crippen LogP contribution in [0.5, 0.6) is 0 Å². The highest BCUT2D eigenvalue weighted by atomic mass is 17.5. The molecular formula is C15H20O6. The van der Waals surface area contributed by atoms with Gasteiger partial charge in [-0.05, 0) is 30.9 Å². The average Bonchev–Trinajstić information content (AvgIpc) is 2.38. The van der Waals surface area contributed by atoms with Gasteiger partial charge in [-0.25, -0.2) is 14.5 Å². The number of ether oxygens (including phenoxy) is 1. The quantitative estimate of drug-likeness (QED) is 0.481. The van der Waals surface area contributed by atoms with Crippen LogP contribution in [-0.2, 0) is 19.6 Å². The van der Waals surface area contributed by atoms with Crippen molar-refractivity contribution in [3.05, 3.63) is 34.9 Å². The zero-order valence-electron chi connectivity index (χ0n) is 12.9. The first-order chi connectivity index (χ1) is 9.69. The average molecular weight is 296 g/mol. The minimum Gasteiger partial charge on any atom is -0.432 e. The second-order valence-corrected chi connectivity index (χ2v) is 5.94. The van der Waals surface area contributed by atoms with Gasteiger partial charge in [-0.1, -0.05) is 38.5 Å². The van der Waals surface area contributed by atoms with Gasteiger partial charge in [0.2, 0.25) is 0 Å². The number of hydrogen-bond donors (Lipinski definition) is 0. The molecule has 1 rings (SSSR count). The Morgan fingerprint density at radius 2 is 1.76 bits per heavy atom. The zero-order valence-corrected chi connectivity index (χ0v) is 12.9. The molecule has 0 saturated heterocycles. The Labute approximate surface area is 123 Å². The summed E-state index contributed by atoms with van der Waals surface area (Å²) >= 11 is 0. The highest BCUT2D eigenvalue weighted by molar-refractivity contribution is 5.90. The van der Waals surface area contributed by atoms with E-state index in [4.69, 9.17) is 4.74 Å². The van der Waals surface area contributed by atoms with Crippen molar-refractivity contribution in [3.63, 3.8) is 0 Å². The van der Waals surface area contributed by atoms with Crippen molar-refractivity contribution in [1.82, 2.24) is 0 Å². The minimum absolute atomic E-state index is 0.153. The molecule has 0 aliphatic carbocycles. The maximum absolute atomic E-state index is 11.7. The van der Waals surface area contributed by atoms with E-state index in [0.29, 0.717) is 5.56 Å². The summed E-state index contributed by atoms with van der Waals surface area (Å²) in [5, 5.41) is 4.15. The van der Waals surface area contributed by atoms with Crippen LogP contribution in [0.4, 0.5) is 4.79 Å². The number of benzene rings is 1. The van der Waals surface area contributed by atoms with Crippen molar-refractivity contribution in [1.29, 1.82) is 0 Å². The van der Waals surface area contributed by atoms with Gasteiger partial charge in [0, 0.05) is 0 Å². The number of carbonyl (C=O) groups excluding carboxylic acids is 2. The maximum Gasteiger partial charge on any atom is 0.543 e. The molecule has 0 atom stereocenters. The van der Waals surface area contributed by atoms with Gasteiger partial charge in [-0.3, -0.25) is 4.89 Å². The second-order valence-electron chi connectivity index (χ2n) is 5.94. The molecule has 6 heteroatoms. The third kappa shape index (κ3) is 6.27. The molecule has 0 radical (unpaired) electrons. The summed E-state index contributed by atoms with van der Waals surface area (Å²) in [6, 6.07) is 5.30. The molecule has 0 amide bonds. The first-order valence-electron chi connectivity index (χ1n) is 6.48. The van der Waals surface area contributed by atoms with E-state index in [9.17, 15) is 9.59 Å². The van der Waals surface area contributed by atoms with E-state index in [-0.39, 0.29) is 12.0 Å². The zero-order chi connectivity index (χ0) is 16.0. The molecule has 1 aromatic carbocycles. The van der Waals surface area contributed by atoms with Crippen molar-refractivity contribution in [3.8, 4) is 0 Å². The minimum atomic E-state index is -1.07. The van der Waals surface area contributed by atoms with Crippen LogP contribution < -0.4 is 0 Å². The Balaban J connectivity index is 2.40. The number of hydrogen-bond acceptors (Lipinski definition) is 6. The van der Waals surface area contributed by atoms with Crippen molar-refractivity contribution in [2.75, 3.05) is 6.61 Å². The summed E-state index contributed by atoms with van der Waals surface area (Å²) in [6.07, 6.45) is -1.07. The number of carbonyl (C=O) groups is 2. The molecule has 0 aliphatic rings. The van der Waals surface area contributed by atoms with Crippen LogP contribution in [0.15, 0.2) is 18.2 Å². The van der Waals surface area contributed by atoms with Crippen LogP contribution in [0, 0.1) is 19.3 Å². The van der Waals surface area contributed by atoms with Gasteiger partial charge in [-0.2, -0.15) is 0 Å². The van der Waals surface area contributed by atoms with E-state index in [1.807, 2.05) is 33.8 Å². The van der Waals surface area contributed by atoms with E-state index in [2.05, 4.69) is 14.8 Å². The van der Waals surface area contributed by atoms with Gasteiger partial charge >= 0.3 is 12.1 Å². The van der Waals surface area contributed by atoms with Gasteiger partial charge in [0.15, 0.2) is 0 Å². The Morgan fingerprint density at radius 1 is 1.10 bits per heavy atom. The Bertz CT molecular complexity index is 515. The van der Waals surface area contributed by atoms with Crippen molar-refractivity contribution in [2.45, 2.75) is 34.6 Å². The molecule has 0 unspecified atom stereocenters. The molecule has 0 fully saturated rings. The Kier molecular flexibility index (Phi) is 5.72. The molecular weight excluding hydrogens is 276 g/mol. The fourth-order valence-corrected chi connectivity index (χ4v) is 1.38. The molecule has 0 spiro atoms. The van der Waals surface area contributed by atoms with Crippen LogP contribution in [-0.4, -0.2) is 18.7 Å². The van der Waals surface area contributed by atoms with Crippen LogP contribution in [0.2, 0.25) is 0 Å². The maximum atomic E-state index is 11.7. The molecule has 0 saturated carbocycles. The summed E-state index contributed by atoms with van der Waals surface area (Å²) in [5.41, 5.74) is 1.76. The predicted octanol–water partition coefficient (Wildman–Crippen LogP) is 3.51. The van der Waals surface area contributed by atoms with Gasteiger partial charge < -0.3 is 4.74 Å². The lowest BCUT2D eigenvalue weighted by Gasteiger charge is -2.16. The van der Waals surface area contributed by atoms with Crippen molar-refractivity contribution < 1.29 is 29.1 Å². The molecule has 0 N–H and O–H groups in total. The lowest BCUT2D eigenvalue weighted by atomic mass is 9.99. The van der Waals surface area contributed by atoms with E-state index >= 15 is 0 Å². The SMILES string of the molecule is Cc1ccc(C)c(C(=O)OOOC(=O)OCC(C)(C)C)c1. The molecule has 0 heterocycles. The third-order valence-electron chi connectivity index (χ3n) is 2.45. The summed E-state index contributed by atoms with van der Waals surface area (Å²) < 4.78 is 4.76. The van der Waals surface area contributed by atoms with Crippen LogP contribution in [0.25, 0.3) is 0 Å². The molecule has 6 nitrogen and oxygen atoms in total. The summed E-state index contributed by atoms with van der Waals surface area (Å²) in [7, 11) is 0. The molecule has 21 heavy (non-hydrogen) atoms. The number of aryl methyl sites for hydroxylation is 2. The molecule has 0 aromatic heterocycles. The Hall–Kier alpha value is -2.08. The number of rotatable bonds is 4. The van der Waals surface area contributed by atoms with Crippen molar-refractivity contribution >= 4 is 12.1 Å². The van der Waals surface area contributed by atoms with Gasteiger partial charge in [0.05, 0.1) is 17.2 Å². The van der Waals surface area contributed by atoms with Gasteiger partial charge in [0.1, 0.15) is 0 Å². The lowest BCUT2D eigenvalue weighted by Crippen LogP contribution is -2.19. The second kappa shape index (κ2) is 7.08. The molecule has 1 aromatic rings. The first kappa shape index (κ1) is 17.0. The molecule has 116 valence electrons. The highest BCUT2D eigenvalue weighted by Gasteiger charge is 2.17. The largest absolute Gasteiger partial charge is 0.543 e. The molecule has 0 bridgehead atoms. The fraction of sp³-hybridized carbons (Fsp3) is 0.467. The summed E-state index contributed by atoms with van der Waals surface area (Å²) in [5.74, 6) is -0.750. The lowest BCUT2D eigenvalue weighted by molar-refractivity contribution is -0.452. The van der Waals surface area contributed by atoms with Gasteiger partial charge in [0.25, 0.3) is 0 Å². The highest BCUT2D eigenvalue weighted by Crippen LogP contribution is 2.14. The van der Waals surface area contributed by atoms with Gasteiger partial charge in [-0.15, -0.1) is 0 Å². The fourth-order valence-electron chi connectivity index (χ4n) is 1.38.